The van der Waals surface area contributed by atoms with E-state index in [4.69, 9.17) is 11.6 Å². The van der Waals surface area contributed by atoms with E-state index in [2.05, 4.69) is 22.9 Å². The molecule has 0 saturated heterocycles. The van der Waals surface area contributed by atoms with E-state index in [-0.39, 0.29) is 11.8 Å². The summed E-state index contributed by atoms with van der Waals surface area (Å²) in [5.74, 6) is 0.817. The third-order valence-corrected chi connectivity index (χ3v) is 4.43. The quantitative estimate of drug-likeness (QED) is 0.762. The number of Topliss-reactive ketones (excluding diaryl/α,β-unsaturated/α-hetero) is 1. The van der Waals surface area contributed by atoms with Gasteiger partial charge in [-0.15, -0.1) is 0 Å². The van der Waals surface area contributed by atoms with Crippen molar-refractivity contribution in [2.45, 2.75) is 31.0 Å². The Hall–Kier alpha value is -0.340. The summed E-state index contributed by atoms with van der Waals surface area (Å²) in [6.45, 7) is 2.06. The van der Waals surface area contributed by atoms with Crippen LogP contribution in [-0.4, -0.2) is 10.6 Å². The molecule has 1 fully saturated rings. The standard InChI is InChI=1S/C14H16BrClO/c1-9(15)13-7-4-11(14(13)17)8-10-2-5-12(16)6-3-10/h2-3,5-6,9,11,13H,4,7-8H2,1H3. The van der Waals surface area contributed by atoms with Crippen LogP contribution in [0.4, 0.5) is 0 Å². The van der Waals surface area contributed by atoms with Gasteiger partial charge in [0, 0.05) is 21.7 Å². The molecule has 3 atom stereocenters. The second-order valence-corrected chi connectivity index (χ2v) is 6.67. The molecule has 2 rings (SSSR count). The number of carbonyl (C=O) groups is 1. The van der Waals surface area contributed by atoms with Crippen molar-refractivity contribution in [3.63, 3.8) is 0 Å². The van der Waals surface area contributed by atoms with Crippen LogP contribution in [-0.2, 0) is 11.2 Å². The Kier molecular flexibility index (Phi) is 4.26. The molecule has 1 saturated carbocycles. The first-order valence-corrected chi connectivity index (χ1v) is 7.29. The first-order chi connectivity index (χ1) is 8.08. The average molecular weight is 316 g/mol. The Morgan fingerprint density at radius 1 is 1.35 bits per heavy atom. The Morgan fingerprint density at radius 3 is 2.53 bits per heavy atom. The van der Waals surface area contributed by atoms with Crippen molar-refractivity contribution >= 4 is 33.3 Å². The molecule has 0 aliphatic heterocycles. The first kappa shape index (κ1) is 13.1. The van der Waals surface area contributed by atoms with E-state index in [1.54, 1.807) is 0 Å². The molecule has 0 bridgehead atoms. The lowest BCUT2D eigenvalue weighted by molar-refractivity contribution is -0.123. The van der Waals surface area contributed by atoms with Gasteiger partial charge in [-0.2, -0.15) is 0 Å². The van der Waals surface area contributed by atoms with Gasteiger partial charge in [0.05, 0.1) is 0 Å². The zero-order valence-electron chi connectivity index (χ0n) is 9.83. The molecule has 1 aromatic rings. The second kappa shape index (κ2) is 5.53. The van der Waals surface area contributed by atoms with Crippen LogP contribution < -0.4 is 0 Å². The van der Waals surface area contributed by atoms with Crippen LogP contribution >= 0.6 is 27.5 Å². The number of benzene rings is 1. The Balaban J connectivity index is 2.01. The Morgan fingerprint density at radius 2 is 2.00 bits per heavy atom. The lowest BCUT2D eigenvalue weighted by Gasteiger charge is -2.12. The van der Waals surface area contributed by atoms with Crippen molar-refractivity contribution in [2.24, 2.45) is 11.8 Å². The number of carbonyl (C=O) groups excluding carboxylic acids is 1. The van der Waals surface area contributed by atoms with Gasteiger partial charge in [0.15, 0.2) is 0 Å². The number of ketones is 1. The van der Waals surface area contributed by atoms with Crippen LogP contribution in [0.15, 0.2) is 24.3 Å². The zero-order chi connectivity index (χ0) is 12.4. The summed E-state index contributed by atoms with van der Waals surface area (Å²) < 4.78 is 0. The smallest absolute Gasteiger partial charge is 0.140 e. The average Bonchev–Trinajstić information content (AvgIpc) is 2.64. The van der Waals surface area contributed by atoms with Gasteiger partial charge in [0.2, 0.25) is 0 Å². The fraction of sp³-hybridized carbons (Fsp3) is 0.500. The van der Waals surface area contributed by atoms with Crippen molar-refractivity contribution in [2.75, 3.05) is 0 Å². The number of hydrogen-bond acceptors (Lipinski definition) is 1. The minimum Gasteiger partial charge on any atom is -0.299 e. The van der Waals surface area contributed by atoms with E-state index in [0.29, 0.717) is 10.6 Å². The largest absolute Gasteiger partial charge is 0.299 e. The topological polar surface area (TPSA) is 17.1 Å². The van der Waals surface area contributed by atoms with Crippen LogP contribution in [0.3, 0.4) is 0 Å². The van der Waals surface area contributed by atoms with Crippen molar-refractivity contribution in [3.05, 3.63) is 34.9 Å². The lowest BCUT2D eigenvalue weighted by Crippen LogP contribution is -2.21. The fourth-order valence-corrected chi connectivity index (χ4v) is 3.18. The van der Waals surface area contributed by atoms with Gasteiger partial charge in [0.25, 0.3) is 0 Å². The molecule has 0 amide bonds. The summed E-state index contributed by atoms with van der Waals surface area (Å²) in [4.78, 5) is 12.5. The van der Waals surface area contributed by atoms with Crippen molar-refractivity contribution in [3.8, 4) is 0 Å². The molecule has 0 radical (unpaired) electrons. The molecule has 0 aromatic heterocycles. The normalized spacial score (nSPS) is 26.2. The van der Waals surface area contributed by atoms with E-state index in [1.165, 1.54) is 5.56 Å². The monoisotopic (exact) mass is 314 g/mol. The summed E-state index contributed by atoms with van der Waals surface area (Å²) in [7, 11) is 0. The van der Waals surface area contributed by atoms with Gasteiger partial charge in [-0.3, -0.25) is 4.79 Å². The van der Waals surface area contributed by atoms with E-state index in [0.717, 1.165) is 24.3 Å². The van der Waals surface area contributed by atoms with Crippen molar-refractivity contribution < 1.29 is 4.79 Å². The highest BCUT2D eigenvalue weighted by atomic mass is 79.9. The number of rotatable bonds is 3. The molecule has 0 spiro atoms. The lowest BCUT2D eigenvalue weighted by atomic mass is 9.95. The van der Waals surface area contributed by atoms with Gasteiger partial charge in [-0.25, -0.2) is 0 Å². The SMILES string of the molecule is CC(Br)C1CCC(Cc2ccc(Cl)cc2)C1=O. The van der Waals surface area contributed by atoms with Gasteiger partial charge in [0.1, 0.15) is 5.78 Å². The summed E-state index contributed by atoms with van der Waals surface area (Å²) in [5, 5.41) is 0.749. The van der Waals surface area contributed by atoms with E-state index < -0.39 is 0 Å². The predicted octanol–water partition coefficient (Wildman–Crippen LogP) is 4.26. The maximum Gasteiger partial charge on any atom is 0.140 e. The number of halogens is 2. The highest BCUT2D eigenvalue weighted by molar-refractivity contribution is 9.09. The van der Waals surface area contributed by atoms with E-state index in [1.807, 2.05) is 24.3 Å². The highest BCUT2D eigenvalue weighted by Gasteiger charge is 2.36. The fourth-order valence-electron chi connectivity index (χ4n) is 2.53. The summed E-state index contributed by atoms with van der Waals surface area (Å²) in [6.07, 6.45) is 2.89. The number of alkyl halides is 1. The molecule has 0 heterocycles. The molecule has 1 nitrogen and oxygen atoms in total. The maximum atomic E-state index is 12.2. The molecule has 92 valence electrons. The highest BCUT2D eigenvalue weighted by Crippen LogP contribution is 2.34. The van der Waals surface area contributed by atoms with Gasteiger partial charge in [-0.1, -0.05) is 46.6 Å². The first-order valence-electron chi connectivity index (χ1n) is 6.00. The van der Waals surface area contributed by atoms with Gasteiger partial charge >= 0.3 is 0 Å². The molecule has 1 aliphatic rings. The van der Waals surface area contributed by atoms with Crippen LogP contribution in [0.1, 0.15) is 25.3 Å². The molecule has 17 heavy (non-hydrogen) atoms. The molecule has 1 aromatic carbocycles. The Labute approximate surface area is 116 Å². The molecular formula is C14H16BrClO. The predicted molar refractivity (Wildman–Crippen MR) is 74.8 cm³/mol. The Bertz CT molecular complexity index is 399. The van der Waals surface area contributed by atoms with Crippen LogP contribution in [0.25, 0.3) is 0 Å². The third kappa shape index (κ3) is 3.11. The molecule has 3 heteroatoms. The maximum absolute atomic E-state index is 12.2. The molecular weight excluding hydrogens is 300 g/mol. The van der Waals surface area contributed by atoms with Crippen LogP contribution in [0.2, 0.25) is 5.02 Å². The van der Waals surface area contributed by atoms with Crippen molar-refractivity contribution in [1.82, 2.24) is 0 Å². The van der Waals surface area contributed by atoms with Gasteiger partial charge < -0.3 is 0 Å². The molecule has 3 unspecified atom stereocenters. The van der Waals surface area contributed by atoms with Gasteiger partial charge in [-0.05, 0) is 37.0 Å². The van der Waals surface area contributed by atoms with Crippen molar-refractivity contribution in [1.29, 1.82) is 0 Å². The van der Waals surface area contributed by atoms with E-state index >= 15 is 0 Å². The summed E-state index contributed by atoms with van der Waals surface area (Å²) in [6, 6.07) is 7.81. The summed E-state index contributed by atoms with van der Waals surface area (Å²) in [5.41, 5.74) is 1.20. The van der Waals surface area contributed by atoms with Crippen LogP contribution in [0, 0.1) is 11.8 Å². The van der Waals surface area contributed by atoms with E-state index in [9.17, 15) is 4.79 Å². The third-order valence-electron chi connectivity index (χ3n) is 3.54. The minimum absolute atomic E-state index is 0.196. The summed E-state index contributed by atoms with van der Waals surface area (Å²) >= 11 is 9.37. The van der Waals surface area contributed by atoms with Crippen LogP contribution in [0.5, 0.6) is 0 Å². The molecule has 1 aliphatic carbocycles. The number of hydrogen-bond donors (Lipinski definition) is 0. The molecule has 0 N–H and O–H groups in total. The zero-order valence-corrected chi connectivity index (χ0v) is 12.2. The minimum atomic E-state index is 0.196. The second-order valence-electron chi connectivity index (χ2n) is 4.79.